The summed E-state index contributed by atoms with van der Waals surface area (Å²) < 4.78 is 0. The molecule has 2 nitrogen and oxygen atoms in total. The fourth-order valence-electron chi connectivity index (χ4n) is 1.57. The van der Waals surface area contributed by atoms with Crippen molar-refractivity contribution in [3.05, 3.63) is 29.8 Å². The lowest BCUT2D eigenvalue weighted by atomic mass is 10.1. The lowest BCUT2D eigenvalue weighted by molar-refractivity contribution is 0.667. The van der Waals surface area contributed by atoms with E-state index >= 15 is 0 Å². The van der Waals surface area contributed by atoms with Crippen LogP contribution in [0.3, 0.4) is 0 Å². The third-order valence-corrected chi connectivity index (χ3v) is 2.41. The number of nitrogens with two attached hydrogens (primary N) is 1. The lowest BCUT2D eigenvalue weighted by Crippen LogP contribution is -2.06. The van der Waals surface area contributed by atoms with Gasteiger partial charge in [-0.1, -0.05) is 38.3 Å². The first-order valence-corrected chi connectivity index (χ1v) is 5.42. The molecule has 1 aromatic carbocycles. The van der Waals surface area contributed by atoms with Crippen LogP contribution in [0.25, 0.3) is 0 Å². The second-order valence-corrected chi connectivity index (χ2v) is 3.66. The molecule has 0 saturated carbocycles. The zero-order valence-electron chi connectivity index (χ0n) is 8.92. The monoisotopic (exact) mass is 192 g/mol. The minimum Gasteiger partial charge on any atom is -0.324 e. The Morgan fingerprint density at radius 3 is 2.79 bits per heavy atom. The van der Waals surface area contributed by atoms with E-state index in [-0.39, 0.29) is 0 Å². The number of anilines is 1. The van der Waals surface area contributed by atoms with Crippen LogP contribution in [0.1, 0.15) is 38.2 Å². The number of rotatable bonds is 6. The highest BCUT2D eigenvalue weighted by molar-refractivity contribution is 5.44. The summed E-state index contributed by atoms with van der Waals surface area (Å²) >= 11 is 0. The van der Waals surface area contributed by atoms with Crippen LogP contribution in [-0.2, 0) is 6.42 Å². The molecule has 2 heteroatoms. The highest BCUT2D eigenvalue weighted by Gasteiger charge is 1.94. The van der Waals surface area contributed by atoms with Gasteiger partial charge in [0.25, 0.3) is 0 Å². The van der Waals surface area contributed by atoms with Crippen molar-refractivity contribution in [2.24, 2.45) is 5.84 Å². The van der Waals surface area contributed by atoms with Crippen molar-refractivity contribution in [2.45, 2.75) is 39.0 Å². The fourth-order valence-corrected chi connectivity index (χ4v) is 1.57. The van der Waals surface area contributed by atoms with Gasteiger partial charge in [-0.3, -0.25) is 5.84 Å². The van der Waals surface area contributed by atoms with Crippen molar-refractivity contribution in [1.82, 2.24) is 0 Å². The van der Waals surface area contributed by atoms with E-state index < -0.39 is 0 Å². The molecule has 78 valence electrons. The van der Waals surface area contributed by atoms with Crippen LogP contribution in [0, 0.1) is 0 Å². The summed E-state index contributed by atoms with van der Waals surface area (Å²) in [7, 11) is 0. The Morgan fingerprint density at radius 2 is 2.07 bits per heavy atom. The quantitative estimate of drug-likeness (QED) is 0.413. The van der Waals surface area contributed by atoms with Crippen molar-refractivity contribution in [3.8, 4) is 0 Å². The summed E-state index contributed by atoms with van der Waals surface area (Å²) in [6.07, 6.45) is 6.41. The summed E-state index contributed by atoms with van der Waals surface area (Å²) in [5.74, 6) is 5.35. The summed E-state index contributed by atoms with van der Waals surface area (Å²) in [6.45, 7) is 2.24. The van der Waals surface area contributed by atoms with E-state index in [1.54, 1.807) is 0 Å². The highest BCUT2D eigenvalue weighted by atomic mass is 15.2. The molecule has 1 aromatic rings. The predicted octanol–water partition coefficient (Wildman–Crippen LogP) is 3.09. The number of benzene rings is 1. The number of aryl methyl sites for hydroxylation is 1. The Bertz CT molecular complexity index is 258. The second-order valence-electron chi connectivity index (χ2n) is 3.66. The van der Waals surface area contributed by atoms with E-state index in [9.17, 15) is 0 Å². The molecule has 3 N–H and O–H groups in total. The van der Waals surface area contributed by atoms with Gasteiger partial charge in [0.05, 0.1) is 0 Å². The molecule has 0 aliphatic heterocycles. The molecular weight excluding hydrogens is 172 g/mol. The number of nitrogen functional groups attached to an aromatic ring is 1. The number of hydrazine groups is 1. The van der Waals surface area contributed by atoms with Crippen molar-refractivity contribution < 1.29 is 0 Å². The van der Waals surface area contributed by atoms with Gasteiger partial charge in [0.1, 0.15) is 0 Å². The van der Waals surface area contributed by atoms with E-state index in [0.29, 0.717) is 0 Å². The van der Waals surface area contributed by atoms with Gasteiger partial charge in [-0.2, -0.15) is 0 Å². The van der Waals surface area contributed by atoms with Crippen molar-refractivity contribution in [3.63, 3.8) is 0 Å². The molecule has 0 radical (unpaired) electrons. The van der Waals surface area contributed by atoms with Crippen molar-refractivity contribution >= 4 is 5.69 Å². The molecule has 0 amide bonds. The smallest absolute Gasteiger partial charge is 0.0487 e. The van der Waals surface area contributed by atoms with Crippen LogP contribution in [0.4, 0.5) is 5.69 Å². The first kappa shape index (κ1) is 11.1. The second kappa shape index (κ2) is 6.44. The number of hydrogen-bond donors (Lipinski definition) is 2. The van der Waals surface area contributed by atoms with Gasteiger partial charge in [0, 0.05) is 5.69 Å². The molecule has 0 heterocycles. The summed E-state index contributed by atoms with van der Waals surface area (Å²) in [5.41, 5.74) is 5.04. The third kappa shape index (κ3) is 3.79. The highest BCUT2D eigenvalue weighted by Crippen LogP contribution is 2.12. The van der Waals surface area contributed by atoms with E-state index in [2.05, 4.69) is 24.5 Å². The van der Waals surface area contributed by atoms with Crippen molar-refractivity contribution in [1.29, 1.82) is 0 Å². The fraction of sp³-hybridized carbons (Fsp3) is 0.500. The Kier molecular flexibility index (Phi) is 5.08. The summed E-state index contributed by atoms with van der Waals surface area (Å²) in [4.78, 5) is 0. The molecule has 0 spiro atoms. The zero-order valence-corrected chi connectivity index (χ0v) is 8.92. The maximum atomic E-state index is 5.35. The Balaban J connectivity index is 2.34. The average molecular weight is 192 g/mol. The first-order chi connectivity index (χ1) is 6.86. The van der Waals surface area contributed by atoms with Crippen molar-refractivity contribution in [2.75, 3.05) is 5.43 Å². The molecule has 0 aromatic heterocycles. The van der Waals surface area contributed by atoms with Crippen LogP contribution in [0.5, 0.6) is 0 Å². The van der Waals surface area contributed by atoms with Crippen LogP contribution in [0.15, 0.2) is 24.3 Å². The summed E-state index contributed by atoms with van der Waals surface area (Å²) in [6, 6.07) is 8.30. The molecule has 0 bridgehead atoms. The molecule has 0 atom stereocenters. The normalized spacial score (nSPS) is 10.1. The van der Waals surface area contributed by atoms with Gasteiger partial charge < -0.3 is 5.43 Å². The van der Waals surface area contributed by atoms with E-state index in [0.717, 1.165) is 12.1 Å². The lowest BCUT2D eigenvalue weighted by Gasteiger charge is -2.04. The maximum Gasteiger partial charge on any atom is 0.0487 e. The van der Waals surface area contributed by atoms with Crippen LogP contribution < -0.4 is 11.3 Å². The summed E-state index contributed by atoms with van der Waals surface area (Å²) in [5, 5.41) is 0. The van der Waals surface area contributed by atoms with E-state index in [1.165, 1.54) is 31.2 Å². The topological polar surface area (TPSA) is 38.0 Å². The zero-order chi connectivity index (χ0) is 10.2. The van der Waals surface area contributed by atoms with E-state index in [4.69, 9.17) is 5.84 Å². The minimum absolute atomic E-state index is 0.998. The average Bonchev–Trinajstić information content (AvgIpc) is 2.25. The van der Waals surface area contributed by atoms with Gasteiger partial charge in [-0.25, -0.2) is 0 Å². The van der Waals surface area contributed by atoms with Gasteiger partial charge in [-0.05, 0) is 30.5 Å². The van der Waals surface area contributed by atoms with Gasteiger partial charge >= 0.3 is 0 Å². The van der Waals surface area contributed by atoms with Crippen LogP contribution in [0.2, 0.25) is 0 Å². The Labute approximate surface area is 86.5 Å². The molecule has 14 heavy (non-hydrogen) atoms. The third-order valence-electron chi connectivity index (χ3n) is 2.41. The largest absolute Gasteiger partial charge is 0.324 e. The van der Waals surface area contributed by atoms with Gasteiger partial charge in [-0.15, -0.1) is 0 Å². The molecule has 0 fully saturated rings. The Morgan fingerprint density at radius 1 is 1.21 bits per heavy atom. The molecular formula is C12H20N2. The molecule has 0 aliphatic carbocycles. The van der Waals surface area contributed by atoms with E-state index in [1.807, 2.05) is 12.1 Å². The predicted molar refractivity (Wildman–Crippen MR) is 62.1 cm³/mol. The number of nitrogens with one attached hydrogen (secondary N) is 1. The van der Waals surface area contributed by atoms with Gasteiger partial charge in [0.15, 0.2) is 0 Å². The molecule has 0 aliphatic rings. The molecule has 1 rings (SSSR count). The Hall–Kier alpha value is -1.02. The molecule has 0 saturated heterocycles. The maximum absolute atomic E-state index is 5.35. The van der Waals surface area contributed by atoms with Crippen LogP contribution >= 0.6 is 0 Å². The van der Waals surface area contributed by atoms with Gasteiger partial charge in [0.2, 0.25) is 0 Å². The first-order valence-electron chi connectivity index (χ1n) is 5.42. The standard InChI is InChI=1S/C12H20N2/c1-2-3-4-5-7-11-8-6-9-12(10-11)14-13/h6,8-10,14H,2-5,7,13H2,1H3. The number of unbranched alkanes of at least 4 members (excludes halogenated alkanes) is 3. The SMILES string of the molecule is CCCCCCc1cccc(NN)c1. The number of hydrogen-bond acceptors (Lipinski definition) is 2. The minimum atomic E-state index is 0.998. The van der Waals surface area contributed by atoms with Crippen LogP contribution in [-0.4, -0.2) is 0 Å². The molecule has 0 unspecified atom stereocenters.